The quantitative estimate of drug-likeness (QED) is 0.797. The van der Waals surface area contributed by atoms with Crippen molar-refractivity contribution >= 4 is 10.0 Å². The predicted molar refractivity (Wildman–Crippen MR) is 101 cm³/mol. The summed E-state index contributed by atoms with van der Waals surface area (Å²) in [6, 6.07) is 10.8. The summed E-state index contributed by atoms with van der Waals surface area (Å²) in [6.45, 7) is 4.25. The number of sulfonamides is 1. The van der Waals surface area contributed by atoms with Crippen LogP contribution in [-0.2, 0) is 10.0 Å². The third kappa shape index (κ3) is 3.31. The molecular formula is C20H25NO4S. The monoisotopic (exact) mass is 375 g/mol. The van der Waals surface area contributed by atoms with Crippen molar-refractivity contribution in [1.29, 1.82) is 0 Å². The van der Waals surface area contributed by atoms with Gasteiger partial charge in [0, 0.05) is 12.1 Å². The SMILES string of the molecule is COc1ccc(OC)c([C@@H]2CCCN2S(=O)(=O)c2cc(C)ccc2C)c1. The summed E-state index contributed by atoms with van der Waals surface area (Å²) in [5, 5.41) is 0. The van der Waals surface area contributed by atoms with Gasteiger partial charge in [0.05, 0.1) is 25.2 Å². The molecule has 0 radical (unpaired) electrons. The molecule has 1 aliphatic rings. The van der Waals surface area contributed by atoms with E-state index in [1.54, 1.807) is 24.6 Å². The Bertz CT molecular complexity index is 908. The Morgan fingerprint density at radius 1 is 1.04 bits per heavy atom. The fraction of sp³-hybridized carbons (Fsp3) is 0.400. The Morgan fingerprint density at radius 3 is 2.50 bits per heavy atom. The first-order chi connectivity index (χ1) is 12.4. The summed E-state index contributed by atoms with van der Waals surface area (Å²) in [5.74, 6) is 1.37. The molecule has 2 aromatic rings. The Morgan fingerprint density at radius 2 is 1.81 bits per heavy atom. The minimum absolute atomic E-state index is 0.259. The van der Waals surface area contributed by atoms with Gasteiger partial charge in [-0.1, -0.05) is 12.1 Å². The molecule has 0 unspecified atom stereocenters. The van der Waals surface area contributed by atoms with Gasteiger partial charge >= 0.3 is 0 Å². The number of hydrogen-bond donors (Lipinski definition) is 0. The zero-order valence-corrected chi connectivity index (χ0v) is 16.5. The van der Waals surface area contributed by atoms with E-state index in [1.165, 1.54) is 0 Å². The second-order valence-corrected chi connectivity index (χ2v) is 8.51. The maximum absolute atomic E-state index is 13.4. The van der Waals surface area contributed by atoms with E-state index in [4.69, 9.17) is 9.47 Å². The van der Waals surface area contributed by atoms with Crippen LogP contribution in [-0.4, -0.2) is 33.5 Å². The van der Waals surface area contributed by atoms with E-state index in [0.29, 0.717) is 22.9 Å². The number of methoxy groups -OCH3 is 2. The van der Waals surface area contributed by atoms with Gasteiger partial charge in [-0.3, -0.25) is 0 Å². The molecule has 0 amide bonds. The molecule has 5 nitrogen and oxygen atoms in total. The van der Waals surface area contributed by atoms with Gasteiger partial charge in [0.15, 0.2) is 0 Å². The lowest BCUT2D eigenvalue weighted by molar-refractivity contribution is 0.361. The molecule has 26 heavy (non-hydrogen) atoms. The van der Waals surface area contributed by atoms with Crippen LogP contribution >= 0.6 is 0 Å². The number of rotatable bonds is 5. The molecule has 0 spiro atoms. The van der Waals surface area contributed by atoms with Crippen molar-refractivity contribution in [3.63, 3.8) is 0 Å². The molecule has 1 atom stereocenters. The molecule has 6 heteroatoms. The van der Waals surface area contributed by atoms with Crippen molar-refractivity contribution in [2.24, 2.45) is 0 Å². The van der Waals surface area contributed by atoms with Gasteiger partial charge in [-0.15, -0.1) is 0 Å². The van der Waals surface area contributed by atoms with Crippen LogP contribution in [0.1, 0.15) is 35.6 Å². The molecule has 3 rings (SSSR count). The zero-order valence-electron chi connectivity index (χ0n) is 15.7. The van der Waals surface area contributed by atoms with E-state index in [-0.39, 0.29) is 6.04 Å². The Kier molecular flexibility index (Phi) is 5.25. The number of hydrogen-bond acceptors (Lipinski definition) is 4. The van der Waals surface area contributed by atoms with Crippen molar-refractivity contribution in [2.45, 2.75) is 37.6 Å². The van der Waals surface area contributed by atoms with Crippen molar-refractivity contribution in [3.8, 4) is 11.5 Å². The van der Waals surface area contributed by atoms with E-state index < -0.39 is 10.0 Å². The van der Waals surface area contributed by atoms with E-state index in [0.717, 1.165) is 29.5 Å². The van der Waals surface area contributed by atoms with E-state index in [1.807, 2.05) is 44.2 Å². The molecule has 1 fully saturated rings. The summed E-state index contributed by atoms with van der Waals surface area (Å²) < 4.78 is 39.2. The highest BCUT2D eigenvalue weighted by Gasteiger charge is 2.38. The highest BCUT2D eigenvalue weighted by molar-refractivity contribution is 7.89. The van der Waals surface area contributed by atoms with Crippen molar-refractivity contribution < 1.29 is 17.9 Å². The Hall–Kier alpha value is -2.05. The lowest BCUT2D eigenvalue weighted by Gasteiger charge is -2.26. The average molecular weight is 375 g/mol. The first kappa shape index (κ1) is 18.7. The molecule has 0 bridgehead atoms. The van der Waals surface area contributed by atoms with E-state index in [9.17, 15) is 8.42 Å². The molecule has 0 saturated carbocycles. The first-order valence-electron chi connectivity index (χ1n) is 8.69. The zero-order chi connectivity index (χ0) is 18.9. The molecule has 1 aliphatic heterocycles. The Labute approximate surface area is 155 Å². The number of ether oxygens (including phenoxy) is 2. The maximum Gasteiger partial charge on any atom is 0.243 e. The lowest BCUT2D eigenvalue weighted by atomic mass is 10.0. The van der Waals surface area contributed by atoms with Crippen molar-refractivity contribution in [2.75, 3.05) is 20.8 Å². The van der Waals surface area contributed by atoms with Crippen LogP contribution in [0.2, 0.25) is 0 Å². The summed E-state index contributed by atoms with van der Waals surface area (Å²) in [6.07, 6.45) is 1.57. The summed E-state index contributed by atoms with van der Waals surface area (Å²) in [7, 11) is -0.394. The van der Waals surface area contributed by atoms with Gasteiger partial charge in [0.25, 0.3) is 0 Å². The van der Waals surface area contributed by atoms with Gasteiger partial charge in [-0.25, -0.2) is 8.42 Å². The van der Waals surface area contributed by atoms with Gasteiger partial charge in [0.2, 0.25) is 10.0 Å². The largest absolute Gasteiger partial charge is 0.497 e. The minimum Gasteiger partial charge on any atom is -0.497 e. The van der Waals surface area contributed by atoms with E-state index >= 15 is 0 Å². The highest BCUT2D eigenvalue weighted by Crippen LogP contribution is 2.42. The number of aryl methyl sites for hydroxylation is 2. The van der Waals surface area contributed by atoms with Crippen LogP contribution in [0.3, 0.4) is 0 Å². The molecule has 0 N–H and O–H groups in total. The minimum atomic E-state index is -3.60. The topological polar surface area (TPSA) is 55.8 Å². The second-order valence-electron chi connectivity index (χ2n) is 6.65. The van der Waals surface area contributed by atoms with Crippen LogP contribution in [0.25, 0.3) is 0 Å². The third-order valence-corrected chi connectivity index (χ3v) is 6.98. The average Bonchev–Trinajstić information content (AvgIpc) is 3.13. The molecule has 0 aliphatic carbocycles. The molecule has 140 valence electrons. The molecular weight excluding hydrogens is 350 g/mol. The second kappa shape index (κ2) is 7.29. The van der Waals surface area contributed by atoms with Crippen LogP contribution < -0.4 is 9.47 Å². The molecule has 2 aromatic carbocycles. The predicted octanol–water partition coefficient (Wildman–Crippen LogP) is 3.85. The third-order valence-electron chi connectivity index (χ3n) is 4.93. The first-order valence-corrected chi connectivity index (χ1v) is 10.1. The number of benzene rings is 2. The smallest absolute Gasteiger partial charge is 0.243 e. The lowest BCUT2D eigenvalue weighted by Crippen LogP contribution is -2.31. The van der Waals surface area contributed by atoms with E-state index in [2.05, 4.69) is 0 Å². The maximum atomic E-state index is 13.4. The number of nitrogens with zero attached hydrogens (tertiary/aromatic N) is 1. The van der Waals surface area contributed by atoms with Crippen molar-refractivity contribution in [1.82, 2.24) is 4.31 Å². The molecule has 1 saturated heterocycles. The Balaban J connectivity index is 2.07. The van der Waals surface area contributed by atoms with Gasteiger partial charge in [-0.2, -0.15) is 4.31 Å². The van der Waals surface area contributed by atoms with Crippen LogP contribution in [0.15, 0.2) is 41.3 Å². The summed E-state index contributed by atoms with van der Waals surface area (Å²) in [4.78, 5) is 0.381. The normalized spacial score (nSPS) is 18.1. The van der Waals surface area contributed by atoms with Crippen LogP contribution in [0.4, 0.5) is 0 Å². The molecule has 0 aromatic heterocycles. The molecule has 1 heterocycles. The van der Waals surface area contributed by atoms with Crippen LogP contribution in [0, 0.1) is 13.8 Å². The standard InChI is InChI=1S/C20H25NO4S/c1-14-7-8-15(2)20(12-14)26(22,23)21-11-5-6-18(21)17-13-16(24-3)9-10-19(17)25-4/h7-10,12-13,18H,5-6,11H2,1-4H3/t18-/m0/s1. The van der Waals surface area contributed by atoms with Gasteiger partial charge in [0.1, 0.15) is 11.5 Å². The fourth-order valence-electron chi connectivity index (χ4n) is 3.55. The van der Waals surface area contributed by atoms with Gasteiger partial charge < -0.3 is 9.47 Å². The summed E-state index contributed by atoms with van der Waals surface area (Å²) >= 11 is 0. The summed E-state index contributed by atoms with van der Waals surface area (Å²) in [5.41, 5.74) is 2.54. The van der Waals surface area contributed by atoms with Crippen molar-refractivity contribution in [3.05, 3.63) is 53.1 Å². The highest BCUT2D eigenvalue weighted by atomic mass is 32.2. The fourth-order valence-corrected chi connectivity index (χ4v) is 5.54. The van der Waals surface area contributed by atoms with Gasteiger partial charge in [-0.05, 0) is 62.1 Å². The van der Waals surface area contributed by atoms with Crippen LogP contribution in [0.5, 0.6) is 11.5 Å².